The van der Waals surface area contributed by atoms with Gasteiger partial charge in [-0.05, 0) is 32.4 Å². The summed E-state index contributed by atoms with van der Waals surface area (Å²) in [6, 6.07) is 0. The number of thioether (sulfide) groups is 1. The lowest BCUT2D eigenvalue weighted by molar-refractivity contribution is 0.117. The first-order chi connectivity index (χ1) is 8.26. The third-order valence-electron chi connectivity index (χ3n) is 2.66. The average molecular weight is 250 g/mol. The predicted octanol–water partition coefficient (Wildman–Crippen LogP) is 4.84. The highest BCUT2D eigenvalue weighted by Gasteiger charge is 2.29. The number of hydrogen-bond acceptors (Lipinski definition) is 2. The first-order valence-corrected chi connectivity index (χ1v) is 7.10. The van der Waals surface area contributed by atoms with E-state index in [9.17, 15) is 0 Å². The minimum Gasteiger partial charge on any atom is -0.488 e. The van der Waals surface area contributed by atoms with Crippen LogP contribution in [0.25, 0.3) is 0 Å². The third kappa shape index (κ3) is 3.81. The highest BCUT2D eigenvalue weighted by atomic mass is 32.2. The molecule has 0 aromatic heterocycles. The van der Waals surface area contributed by atoms with Gasteiger partial charge >= 0.3 is 0 Å². The van der Waals surface area contributed by atoms with E-state index >= 15 is 0 Å². The van der Waals surface area contributed by atoms with Gasteiger partial charge in [0, 0.05) is 4.91 Å². The van der Waals surface area contributed by atoms with Crippen LogP contribution in [0.5, 0.6) is 0 Å². The molecule has 2 unspecified atom stereocenters. The maximum atomic E-state index is 6.06. The van der Waals surface area contributed by atoms with Crippen molar-refractivity contribution in [1.82, 2.24) is 0 Å². The minimum absolute atomic E-state index is 0.261. The Bertz CT molecular complexity index is 339. The molecule has 2 heteroatoms. The molecular formula is C15H22OS. The van der Waals surface area contributed by atoms with Crippen LogP contribution in [0.2, 0.25) is 0 Å². The molecule has 0 spiro atoms. The topological polar surface area (TPSA) is 9.23 Å². The van der Waals surface area contributed by atoms with Gasteiger partial charge in [-0.1, -0.05) is 31.6 Å². The summed E-state index contributed by atoms with van der Waals surface area (Å²) in [5.41, 5.74) is 0. The Labute approximate surface area is 109 Å². The third-order valence-corrected chi connectivity index (χ3v) is 4.02. The van der Waals surface area contributed by atoms with E-state index in [2.05, 4.69) is 25.7 Å². The molecule has 0 saturated carbocycles. The van der Waals surface area contributed by atoms with Gasteiger partial charge in [-0.15, -0.1) is 18.3 Å². The van der Waals surface area contributed by atoms with Crippen molar-refractivity contribution in [3.63, 3.8) is 0 Å². The Morgan fingerprint density at radius 1 is 1.41 bits per heavy atom. The summed E-state index contributed by atoms with van der Waals surface area (Å²) in [7, 11) is 0. The molecule has 0 radical (unpaired) electrons. The van der Waals surface area contributed by atoms with Gasteiger partial charge in [-0.25, -0.2) is 0 Å². The molecule has 1 fully saturated rings. The fourth-order valence-electron chi connectivity index (χ4n) is 1.79. The highest BCUT2D eigenvalue weighted by molar-refractivity contribution is 8.04. The molecule has 1 aliphatic heterocycles. The van der Waals surface area contributed by atoms with Gasteiger partial charge in [-0.3, -0.25) is 0 Å². The van der Waals surface area contributed by atoms with Crippen molar-refractivity contribution >= 4 is 11.8 Å². The van der Waals surface area contributed by atoms with E-state index in [1.165, 1.54) is 4.91 Å². The van der Waals surface area contributed by atoms with Crippen molar-refractivity contribution in [2.24, 2.45) is 0 Å². The first-order valence-electron chi connectivity index (χ1n) is 6.22. The Morgan fingerprint density at radius 2 is 2.18 bits per heavy atom. The zero-order valence-electron chi connectivity index (χ0n) is 11.0. The summed E-state index contributed by atoms with van der Waals surface area (Å²) in [6.45, 7) is 10.1. The molecule has 0 aliphatic carbocycles. The molecule has 94 valence electrons. The summed E-state index contributed by atoms with van der Waals surface area (Å²) < 4.78 is 6.06. The molecular weight excluding hydrogens is 228 g/mol. The zero-order chi connectivity index (χ0) is 12.7. The van der Waals surface area contributed by atoms with Crippen LogP contribution in [0, 0.1) is 0 Å². The molecule has 1 aliphatic rings. The van der Waals surface area contributed by atoms with Gasteiger partial charge in [0.25, 0.3) is 0 Å². The van der Waals surface area contributed by atoms with E-state index in [0.29, 0.717) is 5.25 Å². The predicted molar refractivity (Wildman–Crippen MR) is 78.0 cm³/mol. The maximum absolute atomic E-state index is 6.06. The number of allylic oxidation sites excluding steroid dienone is 4. The van der Waals surface area contributed by atoms with Gasteiger partial charge in [0.05, 0.1) is 5.25 Å². The summed E-state index contributed by atoms with van der Waals surface area (Å²) in [4.78, 5) is 1.20. The Balaban J connectivity index is 2.88. The second-order valence-corrected chi connectivity index (χ2v) is 5.19. The van der Waals surface area contributed by atoms with E-state index in [1.54, 1.807) is 0 Å². The standard InChI is InChI=1S/C15H22OS/c1-5-9-11-15-12(7-3)16-13(10-6-2)14(8-4)17-15/h5,7-9,11,13-14H,4,6,10H2,1-3H3/b9-5-,12-7+,15-11+. The number of ether oxygens (including phenoxy) is 1. The second kappa shape index (κ2) is 7.44. The second-order valence-electron chi connectivity index (χ2n) is 3.97. The van der Waals surface area contributed by atoms with E-state index < -0.39 is 0 Å². The molecule has 1 rings (SSSR count). The van der Waals surface area contributed by atoms with E-state index in [4.69, 9.17) is 4.74 Å². The molecule has 0 bridgehead atoms. The Hall–Kier alpha value is -0.890. The van der Waals surface area contributed by atoms with Crippen LogP contribution in [0.3, 0.4) is 0 Å². The fraction of sp³-hybridized carbons (Fsp3) is 0.467. The van der Waals surface area contributed by atoms with Crippen LogP contribution < -0.4 is 0 Å². The van der Waals surface area contributed by atoms with Gasteiger partial charge in [-0.2, -0.15) is 0 Å². The van der Waals surface area contributed by atoms with E-state index in [0.717, 1.165) is 18.6 Å². The lowest BCUT2D eigenvalue weighted by atomic mass is 10.1. The van der Waals surface area contributed by atoms with Crippen molar-refractivity contribution in [2.75, 3.05) is 0 Å². The number of rotatable bonds is 4. The van der Waals surface area contributed by atoms with Crippen LogP contribution in [0.1, 0.15) is 33.6 Å². The van der Waals surface area contributed by atoms with Crippen LogP contribution in [-0.2, 0) is 4.74 Å². The Morgan fingerprint density at radius 3 is 2.71 bits per heavy atom. The summed E-state index contributed by atoms with van der Waals surface area (Å²) in [6.07, 6.45) is 12.7. The van der Waals surface area contributed by atoms with Gasteiger partial charge in [0.15, 0.2) is 0 Å². The summed E-state index contributed by atoms with van der Waals surface area (Å²) in [5, 5.41) is 0.357. The number of hydrogen-bond donors (Lipinski definition) is 0. The minimum atomic E-state index is 0.261. The zero-order valence-corrected chi connectivity index (χ0v) is 11.8. The van der Waals surface area contributed by atoms with Crippen molar-refractivity contribution < 1.29 is 4.74 Å². The summed E-state index contributed by atoms with van der Waals surface area (Å²) in [5.74, 6) is 1.00. The molecule has 0 aromatic carbocycles. The first kappa shape index (κ1) is 14.2. The van der Waals surface area contributed by atoms with Gasteiger partial charge < -0.3 is 4.74 Å². The largest absolute Gasteiger partial charge is 0.488 e. The van der Waals surface area contributed by atoms with Gasteiger partial charge in [0.1, 0.15) is 11.9 Å². The highest BCUT2D eigenvalue weighted by Crippen LogP contribution is 2.39. The lowest BCUT2D eigenvalue weighted by Crippen LogP contribution is -2.29. The van der Waals surface area contributed by atoms with Crippen molar-refractivity contribution in [3.8, 4) is 0 Å². The Kier molecular flexibility index (Phi) is 6.20. The normalized spacial score (nSPS) is 29.8. The smallest absolute Gasteiger partial charge is 0.129 e. The molecule has 0 N–H and O–H groups in total. The molecule has 1 nitrogen and oxygen atoms in total. The van der Waals surface area contributed by atoms with E-state index in [1.807, 2.05) is 43.8 Å². The fourth-order valence-corrected chi connectivity index (χ4v) is 2.96. The maximum Gasteiger partial charge on any atom is 0.129 e. The monoisotopic (exact) mass is 250 g/mol. The molecule has 0 aromatic rings. The molecule has 1 heterocycles. The van der Waals surface area contributed by atoms with Gasteiger partial charge in [0.2, 0.25) is 0 Å². The van der Waals surface area contributed by atoms with E-state index in [-0.39, 0.29) is 6.10 Å². The average Bonchev–Trinajstić information content (AvgIpc) is 2.36. The molecule has 0 amide bonds. The van der Waals surface area contributed by atoms with Crippen LogP contribution in [0.15, 0.2) is 47.6 Å². The van der Waals surface area contributed by atoms with Crippen LogP contribution in [-0.4, -0.2) is 11.4 Å². The van der Waals surface area contributed by atoms with Crippen molar-refractivity contribution in [2.45, 2.75) is 45.0 Å². The van der Waals surface area contributed by atoms with Crippen molar-refractivity contribution in [1.29, 1.82) is 0 Å². The lowest BCUT2D eigenvalue weighted by Gasteiger charge is -2.33. The van der Waals surface area contributed by atoms with Crippen molar-refractivity contribution in [3.05, 3.63) is 47.6 Å². The van der Waals surface area contributed by atoms with Crippen LogP contribution in [0.4, 0.5) is 0 Å². The molecule has 1 saturated heterocycles. The SMILES string of the molecule is C=CC1SC(=C/C=C\C)/C(=C\C)OC1CCC. The molecule has 17 heavy (non-hydrogen) atoms. The molecule has 2 atom stereocenters. The summed E-state index contributed by atoms with van der Waals surface area (Å²) >= 11 is 1.85. The quantitative estimate of drug-likeness (QED) is 0.660. The van der Waals surface area contributed by atoms with Crippen LogP contribution >= 0.6 is 11.8 Å².